The van der Waals surface area contributed by atoms with Crippen LogP contribution in [0.2, 0.25) is 0 Å². The van der Waals surface area contributed by atoms with Gasteiger partial charge in [0.1, 0.15) is 0 Å². The van der Waals surface area contributed by atoms with Gasteiger partial charge < -0.3 is 9.88 Å². The third kappa shape index (κ3) is 3.02. The highest BCUT2D eigenvalue weighted by molar-refractivity contribution is 5.95. The van der Waals surface area contributed by atoms with E-state index in [1.807, 2.05) is 19.9 Å². The molecule has 1 N–H and O–H groups in total. The van der Waals surface area contributed by atoms with E-state index in [2.05, 4.69) is 23.7 Å². The fourth-order valence-electron chi connectivity index (χ4n) is 3.25. The van der Waals surface area contributed by atoms with Crippen LogP contribution in [0.25, 0.3) is 0 Å². The SMILES string of the molecule is Cc1cc(C(=O)NC(C)C)c(C)n1C1CCCCC1. The summed E-state index contributed by atoms with van der Waals surface area (Å²) in [6, 6.07) is 2.82. The van der Waals surface area contributed by atoms with Gasteiger partial charge in [-0.2, -0.15) is 0 Å². The number of amides is 1. The summed E-state index contributed by atoms with van der Waals surface area (Å²) in [7, 11) is 0. The molecular weight excluding hydrogens is 236 g/mol. The van der Waals surface area contributed by atoms with Crippen molar-refractivity contribution >= 4 is 5.91 Å². The first kappa shape index (κ1) is 14.2. The van der Waals surface area contributed by atoms with E-state index in [0.29, 0.717) is 6.04 Å². The number of carbonyl (C=O) groups is 1. The summed E-state index contributed by atoms with van der Waals surface area (Å²) >= 11 is 0. The van der Waals surface area contributed by atoms with E-state index in [1.54, 1.807) is 0 Å². The molecule has 1 aromatic rings. The van der Waals surface area contributed by atoms with Gasteiger partial charge in [-0.1, -0.05) is 19.3 Å². The number of aryl methyl sites for hydroxylation is 1. The molecule has 3 nitrogen and oxygen atoms in total. The summed E-state index contributed by atoms with van der Waals surface area (Å²) in [6.45, 7) is 8.20. The molecule has 0 spiro atoms. The molecule has 19 heavy (non-hydrogen) atoms. The zero-order valence-corrected chi connectivity index (χ0v) is 12.6. The van der Waals surface area contributed by atoms with Crippen molar-refractivity contribution in [2.45, 2.75) is 71.9 Å². The first-order chi connectivity index (χ1) is 9.00. The Morgan fingerprint density at radius 3 is 2.47 bits per heavy atom. The highest BCUT2D eigenvalue weighted by Crippen LogP contribution is 2.32. The smallest absolute Gasteiger partial charge is 0.253 e. The Bertz CT molecular complexity index is 454. The standard InChI is InChI=1S/C16H26N2O/c1-11(2)17-16(19)15-10-12(3)18(13(15)4)14-8-6-5-7-9-14/h10-11,14H,5-9H2,1-4H3,(H,17,19). The first-order valence-electron chi connectivity index (χ1n) is 7.50. The van der Waals surface area contributed by atoms with Crippen LogP contribution in [-0.2, 0) is 0 Å². The molecule has 0 aromatic carbocycles. The van der Waals surface area contributed by atoms with Crippen LogP contribution in [-0.4, -0.2) is 16.5 Å². The van der Waals surface area contributed by atoms with E-state index >= 15 is 0 Å². The minimum atomic E-state index is 0.0603. The van der Waals surface area contributed by atoms with Crippen molar-refractivity contribution in [1.82, 2.24) is 9.88 Å². The third-order valence-corrected chi connectivity index (χ3v) is 4.09. The minimum Gasteiger partial charge on any atom is -0.350 e. The van der Waals surface area contributed by atoms with Crippen LogP contribution in [0.3, 0.4) is 0 Å². The van der Waals surface area contributed by atoms with Crippen molar-refractivity contribution in [2.24, 2.45) is 0 Å². The summed E-state index contributed by atoms with van der Waals surface area (Å²) in [4.78, 5) is 12.2. The number of nitrogens with zero attached hydrogens (tertiary/aromatic N) is 1. The van der Waals surface area contributed by atoms with Gasteiger partial charge in [-0.15, -0.1) is 0 Å². The summed E-state index contributed by atoms with van der Waals surface area (Å²) in [6.07, 6.45) is 6.49. The molecule has 0 unspecified atom stereocenters. The highest BCUT2D eigenvalue weighted by Gasteiger charge is 2.22. The molecule has 1 aliphatic rings. The maximum Gasteiger partial charge on any atom is 0.253 e. The maximum atomic E-state index is 12.2. The molecule has 0 saturated heterocycles. The van der Waals surface area contributed by atoms with Gasteiger partial charge in [0, 0.05) is 23.5 Å². The van der Waals surface area contributed by atoms with Crippen LogP contribution < -0.4 is 5.32 Å². The van der Waals surface area contributed by atoms with Gasteiger partial charge in [0.25, 0.3) is 5.91 Å². The van der Waals surface area contributed by atoms with Gasteiger partial charge in [-0.05, 0) is 46.6 Å². The number of rotatable bonds is 3. The first-order valence-corrected chi connectivity index (χ1v) is 7.50. The van der Waals surface area contributed by atoms with Crippen LogP contribution in [0.4, 0.5) is 0 Å². The Labute approximate surface area is 116 Å². The molecule has 3 heteroatoms. The van der Waals surface area contributed by atoms with Gasteiger partial charge in [0.05, 0.1) is 5.56 Å². The van der Waals surface area contributed by atoms with Gasteiger partial charge in [-0.25, -0.2) is 0 Å². The van der Waals surface area contributed by atoms with Crippen LogP contribution in [0.5, 0.6) is 0 Å². The molecule has 106 valence electrons. The number of hydrogen-bond donors (Lipinski definition) is 1. The Balaban J connectivity index is 2.26. The predicted octanol–water partition coefficient (Wildman–Crippen LogP) is 3.75. The van der Waals surface area contributed by atoms with Gasteiger partial charge in [0.15, 0.2) is 0 Å². The molecule has 1 heterocycles. The molecular formula is C16H26N2O. The molecule has 2 rings (SSSR count). The zero-order valence-electron chi connectivity index (χ0n) is 12.6. The summed E-state index contributed by atoms with van der Waals surface area (Å²) in [5.41, 5.74) is 3.19. The van der Waals surface area contributed by atoms with Gasteiger partial charge in [-0.3, -0.25) is 4.79 Å². The fourth-order valence-corrected chi connectivity index (χ4v) is 3.25. The number of aromatic nitrogens is 1. The van der Waals surface area contributed by atoms with E-state index in [-0.39, 0.29) is 11.9 Å². The minimum absolute atomic E-state index is 0.0603. The summed E-state index contributed by atoms with van der Waals surface area (Å²) < 4.78 is 2.38. The summed E-state index contributed by atoms with van der Waals surface area (Å²) in [5, 5.41) is 2.99. The molecule has 1 amide bonds. The normalized spacial score (nSPS) is 16.9. The van der Waals surface area contributed by atoms with Crippen molar-refractivity contribution in [2.75, 3.05) is 0 Å². The molecule has 1 fully saturated rings. The van der Waals surface area contributed by atoms with Crippen LogP contribution in [0, 0.1) is 13.8 Å². The quantitative estimate of drug-likeness (QED) is 0.884. The lowest BCUT2D eigenvalue weighted by atomic mass is 9.95. The molecule has 0 bridgehead atoms. The molecule has 1 aromatic heterocycles. The summed E-state index contributed by atoms with van der Waals surface area (Å²) in [5.74, 6) is 0.0603. The number of carbonyl (C=O) groups excluding carboxylic acids is 1. The fraction of sp³-hybridized carbons (Fsp3) is 0.688. The second kappa shape index (κ2) is 5.81. The zero-order chi connectivity index (χ0) is 14.0. The Kier molecular flexibility index (Phi) is 4.33. The molecule has 0 radical (unpaired) electrons. The van der Waals surface area contributed by atoms with Crippen molar-refractivity contribution in [3.63, 3.8) is 0 Å². The van der Waals surface area contributed by atoms with Crippen LogP contribution in [0.1, 0.15) is 73.7 Å². The van der Waals surface area contributed by atoms with Gasteiger partial charge in [0.2, 0.25) is 0 Å². The van der Waals surface area contributed by atoms with Gasteiger partial charge >= 0.3 is 0 Å². The average Bonchev–Trinajstić information content (AvgIpc) is 2.65. The second-order valence-corrected chi connectivity index (χ2v) is 6.07. The monoisotopic (exact) mass is 262 g/mol. The molecule has 1 aliphatic carbocycles. The Morgan fingerprint density at radius 2 is 1.89 bits per heavy atom. The number of hydrogen-bond acceptors (Lipinski definition) is 1. The van der Waals surface area contributed by atoms with Crippen molar-refractivity contribution in [3.05, 3.63) is 23.0 Å². The lowest BCUT2D eigenvalue weighted by Gasteiger charge is -2.26. The van der Waals surface area contributed by atoms with Crippen molar-refractivity contribution in [1.29, 1.82) is 0 Å². The van der Waals surface area contributed by atoms with Crippen molar-refractivity contribution < 1.29 is 4.79 Å². The Hall–Kier alpha value is -1.25. The predicted molar refractivity (Wildman–Crippen MR) is 78.6 cm³/mol. The lowest BCUT2D eigenvalue weighted by Crippen LogP contribution is -2.30. The Morgan fingerprint density at radius 1 is 1.26 bits per heavy atom. The van der Waals surface area contributed by atoms with E-state index in [4.69, 9.17) is 0 Å². The van der Waals surface area contributed by atoms with E-state index in [0.717, 1.165) is 11.3 Å². The number of nitrogens with one attached hydrogen (secondary N) is 1. The van der Waals surface area contributed by atoms with E-state index < -0.39 is 0 Å². The van der Waals surface area contributed by atoms with E-state index in [1.165, 1.54) is 37.8 Å². The average molecular weight is 262 g/mol. The van der Waals surface area contributed by atoms with Crippen LogP contribution >= 0.6 is 0 Å². The largest absolute Gasteiger partial charge is 0.350 e. The van der Waals surface area contributed by atoms with E-state index in [9.17, 15) is 4.79 Å². The second-order valence-electron chi connectivity index (χ2n) is 6.07. The molecule has 0 aliphatic heterocycles. The topological polar surface area (TPSA) is 34.0 Å². The highest BCUT2D eigenvalue weighted by atomic mass is 16.1. The molecule has 1 saturated carbocycles. The van der Waals surface area contributed by atoms with Crippen molar-refractivity contribution in [3.8, 4) is 0 Å². The molecule has 0 atom stereocenters. The third-order valence-electron chi connectivity index (χ3n) is 4.09. The maximum absolute atomic E-state index is 12.2. The lowest BCUT2D eigenvalue weighted by molar-refractivity contribution is 0.0942. The van der Waals surface area contributed by atoms with Crippen LogP contribution in [0.15, 0.2) is 6.07 Å².